The number of aryl methyl sites for hydroxylation is 1. The molecule has 0 spiro atoms. The number of rotatable bonds is 7. The standard InChI is InChI=1S/C19H21ClN4O3S/c1-23(2)28(26,27)15-7-8-18-17(11-15)22-13-24(18)10-9-19(25)21-12-14-5-3-4-6-16(14)20/h3-8,11,13H,9-10,12H2,1-2H3,(H,21,25). The van der Waals surface area contributed by atoms with E-state index in [0.29, 0.717) is 23.6 Å². The Labute approximate surface area is 169 Å². The molecule has 0 aliphatic heterocycles. The minimum absolute atomic E-state index is 0.103. The van der Waals surface area contributed by atoms with E-state index in [0.717, 1.165) is 15.4 Å². The van der Waals surface area contributed by atoms with Crippen LogP contribution in [0.3, 0.4) is 0 Å². The van der Waals surface area contributed by atoms with Gasteiger partial charge in [0.1, 0.15) is 0 Å². The van der Waals surface area contributed by atoms with Gasteiger partial charge in [0.25, 0.3) is 0 Å². The third-order valence-electron chi connectivity index (χ3n) is 4.38. The molecule has 0 unspecified atom stereocenters. The summed E-state index contributed by atoms with van der Waals surface area (Å²) in [6.45, 7) is 0.805. The summed E-state index contributed by atoms with van der Waals surface area (Å²) in [7, 11) is -0.542. The van der Waals surface area contributed by atoms with Crippen molar-refractivity contribution in [3.8, 4) is 0 Å². The maximum absolute atomic E-state index is 12.2. The van der Waals surface area contributed by atoms with Gasteiger partial charge in [-0.3, -0.25) is 4.79 Å². The van der Waals surface area contributed by atoms with Gasteiger partial charge in [-0.2, -0.15) is 0 Å². The highest BCUT2D eigenvalue weighted by molar-refractivity contribution is 7.89. The van der Waals surface area contributed by atoms with E-state index in [4.69, 9.17) is 11.6 Å². The summed E-state index contributed by atoms with van der Waals surface area (Å²) in [6, 6.07) is 12.2. The fourth-order valence-corrected chi connectivity index (χ4v) is 3.86. The molecule has 1 aromatic heterocycles. The van der Waals surface area contributed by atoms with Crippen molar-refractivity contribution < 1.29 is 13.2 Å². The minimum Gasteiger partial charge on any atom is -0.352 e. The zero-order valence-electron chi connectivity index (χ0n) is 15.6. The Bertz CT molecular complexity index is 1110. The van der Waals surface area contributed by atoms with Crippen molar-refractivity contribution in [3.05, 3.63) is 59.4 Å². The summed E-state index contributed by atoms with van der Waals surface area (Å²) >= 11 is 6.09. The molecule has 0 atom stereocenters. The summed E-state index contributed by atoms with van der Waals surface area (Å²) in [5, 5.41) is 3.47. The highest BCUT2D eigenvalue weighted by Crippen LogP contribution is 2.20. The first-order valence-corrected chi connectivity index (χ1v) is 10.5. The predicted molar refractivity (Wildman–Crippen MR) is 109 cm³/mol. The van der Waals surface area contributed by atoms with Crippen LogP contribution in [-0.2, 0) is 27.9 Å². The molecule has 3 aromatic rings. The van der Waals surface area contributed by atoms with E-state index < -0.39 is 10.0 Å². The number of imidazole rings is 1. The van der Waals surface area contributed by atoms with Crippen LogP contribution in [0.4, 0.5) is 0 Å². The zero-order valence-corrected chi connectivity index (χ0v) is 17.2. The first-order valence-electron chi connectivity index (χ1n) is 8.66. The molecule has 1 heterocycles. The van der Waals surface area contributed by atoms with E-state index in [1.807, 2.05) is 22.8 Å². The van der Waals surface area contributed by atoms with Crippen LogP contribution in [0.15, 0.2) is 53.7 Å². The fourth-order valence-electron chi connectivity index (χ4n) is 2.74. The number of hydrogen-bond acceptors (Lipinski definition) is 4. The van der Waals surface area contributed by atoms with Gasteiger partial charge in [-0.15, -0.1) is 0 Å². The van der Waals surface area contributed by atoms with Gasteiger partial charge in [-0.1, -0.05) is 29.8 Å². The Morgan fingerprint density at radius 1 is 1.21 bits per heavy atom. The normalized spacial score (nSPS) is 11.9. The first-order chi connectivity index (χ1) is 13.3. The Hall–Kier alpha value is -2.42. The molecular weight excluding hydrogens is 400 g/mol. The molecule has 0 saturated heterocycles. The van der Waals surface area contributed by atoms with Crippen LogP contribution in [0.25, 0.3) is 11.0 Å². The number of aromatic nitrogens is 2. The van der Waals surface area contributed by atoms with Crippen molar-refractivity contribution >= 4 is 38.6 Å². The van der Waals surface area contributed by atoms with Crippen molar-refractivity contribution in [1.82, 2.24) is 19.2 Å². The number of fused-ring (bicyclic) bond motifs is 1. The Morgan fingerprint density at radius 3 is 2.68 bits per heavy atom. The van der Waals surface area contributed by atoms with Gasteiger partial charge in [0, 0.05) is 38.6 Å². The number of nitrogens with one attached hydrogen (secondary N) is 1. The van der Waals surface area contributed by atoms with Crippen LogP contribution in [0.1, 0.15) is 12.0 Å². The van der Waals surface area contributed by atoms with E-state index in [2.05, 4.69) is 10.3 Å². The summed E-state index contributed by atoms with van der Waals surface area (Å²) in [5.41, 5.74) is 2.20. The highest BCUT2D eigenvalue weighted by Gasteiger charge is 2.18. The lowest BCUT2D eigenvalue weighted by atomic mass is 10.2. The largest absolute Gasteiger partial charge is 0.352 e. The van der Waals surface area contributed by atoms with Gasteiger partial charge in [-0.05, 0) is 29.8 Å². The van der Waals surface area contributed by atoms with E-state index >= 15 is 0 Å². The summed E-state index contributed by atoms with van der Waals surface area (Å²) in [4.78, 5) is 16.6. The smallest absolute Gasteiger partial charge is 0.242 e. The Morgan fingerprint density at radius 2 is 1.96 bits per heavy atom. The Balaban J connectivity index is 1.65. The number of amides is 1. The topological polar surface area (TPSA) is 84.3 Å². The molecule has 0 aliphatic rings. The maximum atomic E-state index is 12.2. The molecule has 3 rings (SSSR count). The monoisotopic (exact) mass is 420 g/mol. The molecule has 28 heavy (non-hydrogen) atoms. The Kier molecular flexibility index (Phi) is 6.02. The van der Waals surface area contributed by atoms with Gasteiger partial charge < -0.3 is 9.88 Å². The lowest BCUT2D eigenvalue weighted by molar-refractivity contribution is -0.121. The van der Waals surface area contributed by atoms with Crippen LogP contribution in [0, 0.1) is 0 Å². The van der Waals surface area contributed by atoms with Gasteiger partial charge >= 0.3 is 0 Å². The van der Waals surface area contributed by atoms with Crippen molar-refractivity contribution in [3.63, 3.8) is 0 Å². The number of nitrogens with zero attached hydrogens (tertiary/aromatic N) is 3. The van der Waals surface area contributed by atoms with Crippen molar-refractivity contribution in [1.29, 1.82) is 0 Å². The van der Waals surface area contributed by atoms with Gasteiger partial charge in [0.2, 0.25) is 15.9 Å². The van der Waals surface area contributed by atoms with Crippen molar-refractivity contribution in [2.45, 2.75) is 24.4 Å². The van der Waals surface area contributed by atoms with Gasteiger partial charge in [0.05, 0.1) is 22.3 Å². The molecule has 0 bridgehead atoms. The number of carbonyl (C=O) groups is 1. The molecule has 0 radical (unpaired) electrons. The van der Waals surface area contributed by atoms with Gasteiger partial charge in [0.15, 0.2) is 0 Å². The molecule has 0 aliphatic carbocycles. The number of carbonyl (C=O) groups excluding carboxylic acids is 1. The molecule has 1 amide bonds. The highest BCUT2D eigenvalue weighted by atomic mass is 35.5. The average Bonchev–Trinajstić information content (AvgIpc) is 3.08. The zero-order chi connectivity index (χ0) is 20.3. The summed E-state index contributed by atoms with van der Waals surface area (Å²) in [6.07, 6.45) is 1.88. The predicted octanol–water partition coefficient (Wildman–Crippen LogP) is 2.65. The number of benzene rings is 2. The van der Waals surface area contributed by atoms with Crippen LogP contribution >= 0.6 is 11.6 Å². The molecule has 7 nitrogen and oxygen atoms in total. The lowest BCUT2D eigenvalue weighted by Gasteiger charge is -2.11. The van der Waals surface area contributed by atoms with Crippen LogP contribution in [0.2, 0.25) is 5.02 Å². The third-order valence-corrected chi connectivity index (χ3v) is 6.56. The van der Waals surface area contributed by atoms with E-state index in [1.54, 1.807) is 30.6 Å². The minimum atomic E-state index is -3.51. The molecule has 1 N–H and O–H groups in total. The lowest BCUT2D eigenvalue weighted by Crippen LogP contribution is -2.24. The second kappa shape index (κ2) is 8.30. The van der Waals surface area contributed by atoms with E-state index in [1.165, 1.54) is 14.1 Å². The second-order valence-electron chi connectivity index (χ2n) is 6.49. The number of hydrogen-bond donors (Lipinski definition) is 1. The van der Waals surface area contributed by atoms with E-state index in [-0.39, 0.29) is 17.2 Å². The summed E-state index contributed by atoms with van der Waals surface area (Å²) in [5.74, 6) is -0.103. The average molecular weight is 421 g/mol. The molecule has 9 heteroatoms. The molecule has 148 valence electrons. The maximum Gasteiger partial charge on any atom is 0.242 e. The van der Waals surface area contributed by atoms with Crippen molar-refractivity contribution in [2.24, 2.45) is 0 Å². The van der Waals surface area contributed by atoms with Crippen LogP contribution in [0.5, 0.6) is 0 Å². The molecule has 2 aromatic carbocycles. The summed E-state index contributed by atoms with van der Waals surface area (Å²) < 4.78 is 27.5. The SMILES string of the molecule is CN(C)S(=O)(=O)c1ccc2c(c1)ncn2CCC(=O)NCc1ccccc1Cl. The number of halogens is 1. The van der Waals surface area contributed by atoms with Crippen LogP contribution in [-0.4, -0.2) is 42.3 Å². The van der Waals surface area contributed by atoms with E-state index in [9.17, 15) is 13.2 Å². The second-order valence-corrected chi connectivity index (χ2v) is 9.05. The third kappa shape index (κ3) is 4.35. The molecule has 0 saturated carbocycles. The molecular formula is C19H21ClN4O3S. The van der Waals surface area contributed by atoms with Crippen molar-refractivity contribution in [2.75, 3.05) is 14.1 Å². The first kappa shape index (κ1) is 20.3. The number of sulfonamides is 1. The van der Waals surface area contributed by atoms with Crippen LogP contribution < -0.4 is 5.32 Å². The van der Waals surface area contributed by atoms with Gasteiger partial charge in [-0.25, -0.2) is 17.7 Å². The fraction of sp³-hybridized carbons (Fsp3) is 0.263. The molecule has 0 fully saturated rings. The quantitative estimate of drug-likeness (QED) is 0.636.